The van der Waals surface area contributed by atoms with Crippen LogP contribution in [0, 0.1) is 5.92 Å². The summed E-state index contributed by atoms with van der Waals surface area (Å²) in [5, 5.41) is 4.56. The van der Waals surface area contributed by atoms with Crippen LogP contribution in [0.1, 0.15) is 47.7 Å². The Labute approximate surface area is 155 Å². The fourth-order valence-corrected chi connectivity index (χ4v) is 3.41. The molecule has 0 N–H and O–H groups in total. The first-order valence-electron chi connectivity index (χ1n) is 9.38. The number of nitrogens with zero attached hydrogens (tertiary/aromatic N) is 5. The van der Waals surface area contributed by atoms with E-state index < -0.39 is 0 Å². The van der Waals surface area contributed by atoms with E-state index in [2.05, 4.69) is 28.8 Å². The van der Waals surface area contributed by atoms with E-state index >= 15 is 0 Å². The third kappa shape index (κ3) is 4.12. The van der Waals surface area contributed by atoms with Crippen LogP contribution < -0.4 is 0 Å². The van der Waals surface area contributed by atoms with Crippen molar-refractivity contribution in [2.45, 2.75) is 39.8 Å². The highest BCUT2D eigenvalue weighted by Gasteiger charge is 2.28. The van der Waals surface area contributed by atoms with Crippen LogP contribution >= 0.6 is 0 Å². The third-order valence-corrected chi connectivity index (χ3v) is 5.02. The van der Waals surface area contributed by atoms with Gasteiger partial charge in [0.25, 0.3) is 5.91 Å². The van der Waals surface area contributed by atoms with Crippen molar-refractivity contribution in [1.82, 2.24) is 24.6 Å². The molecule has 0 fully saturated rings. The van der Waals surface area contributed by atoms with Gasteiger partial charge in [0, 0.05) is 38.9 Å². The zero-order valence-corrected chi connectivity index (χ0v) is 16.3. The largest absolute Gasteiger partial charge is 0.334 e. The normalized spacial score (nSPS) is 14.5. The highest BCUT2D eigenvalue weighted by atomic mass is 16.2. The molecule has 0 spiro atoms. The fourth-order valence-electron chi connectivity index (χ4n) is 3.41. The highest BCUT2D eigenvalue weighted by Crippen LogP contribution is 2.23. The molecule has 2 aromatic rings. The molecule has 0 aliphatic carbocycles. The lowest BCUT2D eigenvalue weighted by molar-refractivity contribution is 0.0775. The van der Waals surface area contributed by atoms with Crippen molar-refractivity contribution in [3.63, 3.8) is 0 Å². The number of hydrogen-bond acceptors (Lipinski definition) is 4. The minimum absolute atomic E-state index is 0.0249. The van der Waals surface area contributed by atoms with Gasteiger partial charge in [-0.15, -0.1) is 0 Å². The van der Waals surface area contributed by atoms with E-state index in [1.165, 1.54) is 12.1 Å². The van der Waals surface area contributed by atoms with Gasteiger partial charge < -0.3 is 4.90 Å². The van der Waals surface area contributed by atoms with Gasteiger partial charge in [-0.25, -0.2) is 0 Å². The number of carbonyl (C=O) groups is 1. The molecule has 0 bridgehead atoms. The molecule has 1 aliphatic heterocycles. The highest BCUT2D eigenvalue weighted by molar-refractivity contribution is 5.93. The molecule has 0 atom stereocenters. The first kappa shape index (κ1) is 18.6. The minimum Gasteiger partial charge on any atom is -0.334 e. The van der Waals surface area contributed by atoms with Crippen LogP contribution in [0.5, 0.6) is 0 Å². The zero-order valence-electron chi connectivity index (χ0n) is 16.3. The van der Waals surface area contributed by atoms with E-state index in [4.69, 9.17) is 0 Å². The van der Waals surface area contributed by atoms with Crippen LogP contribution in [-0.2, 0) is 26.6 Å². The monoisotopic (exact) mass is 355 g/mol. The van der Waals surface area contributed by atoms with Gasteiger partial charge in [-0.2, -0.15) is 5.10 Å². The van der Waals surface area contributed by atoms with Crippen LogP contribution in [0.15, 0.2) is 24.4 Å². The maximum absolute atomic E-state index is 12.9. The van der Waals surface area contributed by atoms with Gasteiger partial charge in [0.05, 0.1) is 17.9 Å². The van der Waals surface area contributed by atoms with E-state index in [0.717, 1.165) is 37.3 Å². The Bertz CT molecular complexity index is 753. The summed E-state index contributed by atoms with van der Waals surface area (Å²) < 4.78 is 1.89. The zero-order chi connectivity index (χ0) is 18.7. The molecule has 0 aromatic carbocycles. The van der Waals surface area contributed by atoms with Crippen LogP contribution in [0.2, 0.25) is 0 Å². The molecule has 1 aliphatic rings. The Hall–Kier alpha value is -2.21. The van der Waals surface area contributed by atoms with Crippen LogP contribution in [0.3, 0.4) is 0 Å². The molecule has 6 heteroatoms. The molecule has 140 valence electrons. The Kier molecular flexibility index (Phi) is 5.71. The van der Waals surface area contributed by atoms with Gasteiger partial charge in [0.15, 0.2) is 5.69 Å². The molecule has 2 aromatic heterocycles. The van der Waals surface area contributed by atoms with Gasteiger partial charge in [-0.1, -0.05) is 19.9 Å². The quantitative estimate of drug-likeness (QED) is 0.799. The standard InChI is InChI=1S/C20H29N5O/c1-15(2)8-11-25-12-9-17-18(14-25)24(4)22-19(17)20(26)23(3)13-16-7-5-6-10-21-16/h5-7,10,15H,8-9,11-14H2,1-4H3. The summed E-state index contributed by atoms with van der Waals surface area (Å²) in [5.41, 5.74) is 3.78. The molecule has 0 saturated heterocycles. The Morgan fingerprint density at radius 2 is 2.15 bits per heavy atom. The molecule has 3 rings (SSSR count). The molecule has 26 heavy (non-hydrogen) atoms. The predicted molar refractivity (Wildman–Crippen MR) is 102 cm³/mol. The molecule has 0 unspecified atom stereocenters. The second-order valence-electron chi connectivity index (χ2n) is 7.59. The van der Waals surface area contributed by atoms with Crippen LogP contribution in [0.4, 0.5) is 0 Å². The van der Waals surface area contributed by atoms with Crippen molar-refractivity contribution < 1.29 is 4.79 Å². The maximum Gasteiger partial charge on any atom is 0.274 e. The SMILES string of the molecule is CC(C)CCN1CCc2c(C(=O)N(C)Cc3ccccn3)nn(C)c2C1. The number of pyridine rings is 1. The Morgan fingerprint density at radius 1 is 1.35 bits per heavy atom. The lowest BCUT2D eigenvalue weighted by Gasteiger charge is -2.28. The number of aromatic nitrogens is 3. The summed E-state index contributed by atoms with van der Waals surface area (Å²) >= 11 is 0. The molecule has 0 saturated carbocycles. The van der Waals surface area contributed by atoms with Crippen molar-refractivity contribution in [2.24, 2.45) is 13.0 Å². The predicted octanol–water partition coefficient (Wildman–Crippen LogP) is 2.49. The Balaban J connectivity index is 1.72. The lowest BCUT2D eigenvalue weighted by Crippen LogP contribution is -2.33. The second kappa shape index (κ2) is 7.99. The Morgan fingerprint density at radius 3 is 2.85 bits per heavy atom. The molecule has 1 amide bonds. The summed E-state index contributed by atoms with van der Waals surface area (Å²) in [6.45, 7) is 7.98. The third-order valence-electron chi connectivity index (χ3n) is 5.02. The smallest absolute Gasteiger partial charge is 0.274 e. The lowest BCUT2D eigenvalue weighted by atomic mass is 10.0. The van der Waals surface area contributed by atoms with Gasteiger partial charge >= 0.3 is 0 Å². The van der Waals surface area contributed by atoms with Gasteiger partial charge in [0.2, 0.25) is 0 Å². The van der Waals surface area contributed by atoms with Crippen molar-refractivity contribution in [3.05, 3.63) is 47.0 Å². The summed E-state index contributed by atoms with van der Waals surface area (Å²) in [6.07, 6.45) is 3.84. The fraction of sp³-hybridized carbons (Fsp3) is 0.550. The maximum atomic E-state index is 12.9. The minimum atomic E-state index is -0.0249. The van der Waals surface area contributed by atoms with E-state index in [1.54, 1.807) is 11.1 Å². The van der Waals surface area contributed by atoms with Crippen molar-refractivity contribution in [3.8, 4) is 0 Å². The van der Waals surface area contributed by atoms with Gasteiger partial charge in [-0.3, -0.25) is 19.4 Å². The van der Waals surface area contributed by atoms with Gasteiger partial charge in [-0.05, 0) is 37.4 Å². The average molecular weight is 355 g/mol. The number of aryl methyl sites for hydroxylation is 1. The second-order valence-corrected chi connectivity index (χ2v) is 7.59. The molecular weight excluding hydrogens is 326 g/mol. The summed E-state index contributed by atoms with van der Waals surface area (Å²) in [7, 11) is 3.76. The van der Waals surface area contributed by atoms with E-state index in [0.29, 0.717) is 18.2 Å². The molecule has 6 nitrogen and oxygen atoms in total. The summed E-state index contributed by atoms with van der Waals surface area (Å²) in [5.74, 6) is 0.684. The molecular formula is C20H29N5O. The number of fused-ring (bicyclic) bond motifs is 1. The van der Waals surface area contributed by atoms with Crippen LogP contribution in [-0.4, -0.2) is 50.6 Å². The van der Waals surface area contributed by atoms with Crippen molar-refractivity contribution >= 4 is 5.91 Å². The van der Waals surface area contributed by atoms with Crippen molar-refractivity contribution in [2.75, 3.05) is 20.1 Å². The molecule has 0 radical (unpaired) electrons. The first-order valence-corrected chi connectivity index (χ1v) is 9.38. The van der Waals surface area contributed by atoms with E-state index in [9.17, 15) is 4.79 Å². The molecule has 3 heterocycles. The van der Waals surface area contributed by atoms with E-state index in [-0.39, 0.29) is 5.91 Å². The summed E-state index contributed by atoms with van der Waals surface area (Å²) in [4.78, 5) is 21.4. The topological polar surface area (TPSA) is 54.3 Å². The van der Waals surface area contributed by atoms with Crippen molar-refractivity contribution in [1.29, 1.82) is 0 Å². The first-order chi connectivity index (χ1) is 12.5. The van der Waals surface area contributed by atoms with E-state index in [1.807, 2.05) is 37.0 Å². The van der Waals surface area contributed by atoms with Crippen LogP contribution in [0.25, 0.3) is 0 Å². The average Bonchev–Trinajstić information content (AvgIpc) is 2.96. The number of amides is 1. The van der Waals surface area contributed by atoms with Gasteiger partial charge in [0.1, 0.15) is 0 Å². The summed E-state index contributed by atoms with van der Waals surface area (Å²) in [6, 6.07) is 5.75. The number of hydrogen-bond donors (Lipinski definition) is 0. The number of carbonyl (C=O) groups excluding carboxylic acids is 1. The number of rotatable bonds is 6.